The highest BCUT2D eigenvalue weighted by atomic mass is 15.2. The van der Waals surface area contributed by atoms with Gasteiger partial charge in [-0.25, -0.2) is 0 Å². The van der Waals surface area contributed by atoms with E-state index >= 15 is 0 Å². The standard InChI is InChI=1S/C107H90BN3/c1-103(2,3)73-49-55-93(83(61-73)68-34-19-14-20-35-68)110-97-66-77(109-94-56-50-74(104(4,5)6)62-86(94)87-63-75(105(7,8)9)51-57-95(87)109)52-53-91(97)108-92-60-71(78-43-31-44-82-81-42-27-30-47-90(81)107(100(78)82)88-45-28-25-40-79(88)80-41-26-29-46-89(80)107)48-54-96(92)111(99-65-76(106(10,11)12)64-98(110)101(99)108)102-84(69-36-21-15-22-37-69)58-72(67-32-17-13-18-33-67)59-85(102)70-38-23-16-24-39-70/h13-66H,1-12H3/i25D,26D,28D,29D,40D,41D,45D,46D. The first kappa shape index (κ1) is 59.7. The second kappa shape index (κ2) is 24.9. The molecule has 0 atom stereocenters. The van der Waals surface area contributed by atoms with Crippen LogP contribution in [0.3, 0.4) is 0 Å². The van der Waals surface area contributed by atoms with E-state index in [-0.39, 0.29) is 62.7 Å². The molecule has 20 rings (SSSR count). The summed E-state index contributed by atoms with van der Waals surface area (Å²) in [5, 5.41) is 2.39. The second-order valence-electron chi connectivity index (χ2n) is 35.0. The van der Waals surface area contributed by atoms with Gasteiger partial charge in [-0.3, -0.25) is 0 Å². The van der Waals surface area contributed by atoms with Gasteiger partial charge in [0.15, 0.2) is 0 Å². The number of hydrogen-bond acceptors (Lipinski definition) is 2. The maximum absolute atomic E-state index is 10.3. The van der Waals surface area contributed by atoms with Crippen molar-refractivity contribution in [1.29, 1.82) is 0 Å². The zero-order chi connectivity index (χ0) is 82.7. The molecule has 15 aromatic carbocycles. The van der Waals surface area contributed by atoms with Crippen LogP contribution in [0.25, 0.3) is 105 Å². The van der Waals surface area contributed by atoms with Gasteiger partial charge in [-0.1, -0.05) is 332 Å². The Morgan fingerprint density at radius 2 is 0.766 bits per heavy atom. The van der Waals surface area contributed by atoms with E-state index in [1.54, 1.807) is 0 Å². The molecule has 0 N–H and O–H groups in total. The number of benzene rings is 15. The van der Waals surface area contributed by atoms with E-state index in [1.165, 1.54) is 27.5 Å². The molecule has 4 heteroatoms. The summed E-state index contributed by atoms with van der Waals surface area (Å²) in [7, 11) is 0. The molecule has 16 aromatic rings. The normalized spacial score (nSPS) is 14.8. The summed E-state index contributed by atoms with van der Waals surface area (Å²) < 4.78 is 80.5. The third-order valence-corrected chi connectivity index (χ3v) is 24.2. The molecule has 0 bridgehead atoms. The van der Waals surface area contributed by atoms with E-state index in [9.17, 15) is 11.0 Å². The fraction of sp³-hybridized carbons (Fsp3) is 0.159. The van der Waals surface area contributed by atoms with Crippen LogP contribution >= 0.6 is 0 Å². The molecule has 111 heavy (non-hydrogen) atoms. The largest absolute Gasteiger partial charge is 0.311 e. The Balaban J connectivity index is 0.957. The van der Waals surface area contributed by atoms with Crippen molar-refractivity contribution in [3.63, 3.8) is 0 Å². The first-order chi connectivity index (χ1) is 56.9. The molecule has 0 saturated heterocycles. The van der Waals surface area contributed by atoms with Gasteiger partial charge in [0.05, 0.1) is 38.8 Å². The van der Waals surface area contributed by atoms with Gasteiger partial charge in [0.25, 0.3) is 6.71 Å². The Bertz CT molecular complexity index is 6800. The van der Waals surface area contributed by atoms with Crippen molar-refractivity contribution in [3.8, 4) is 83.6 Å². The zero-order valence-electron chi connectivity index (χ0n) is 73.0. The fourth-order valence-electron chi connectivity index (χ4n) is 18.7. The third-order valence-electron chi connectivity index (χ3n) is 24.2. The Labute approximate surface area is 666 Å². The summed E-state index contributed by atoms with van der Waals surface area (Å²) in [6, 6.07) is 99.4. The van der Waals surface area contributed by atoms with Crippen molar-refractivity contribution in [2.24, 2.45) is 0 Å². The highest BCUT2D eigenvalue weighted by molar-refractivity contribution is 7.00. The number of nitrogens with zero attached hydrogens (tertiary/aromatic N) is 3. The average Bonchev–Trinajstić information content (AvgIpc) is 1.50. The highest BCUT2D eigenvalue weighted by Gasteiger charge is 2.53. The van der Waals surface area contributed by atoms with Gasteiger partial charge >= 0.3 is 0 Å². The average molecular weight is 1440 g/mol. The topological polar surface area (TPSA) is 11.4 Å². The first-order valence-electron chi connectivity index (χ1n) is 43.1. The van der Waals surface area contributed by atoms with Crippen LogP contribution in [-0.4, -0.2) is 11.3 Å². The smallest absolute Gasteiger partial charge is 0.252 e. The van der Waals surface area contributed by atoms with E-state index in [0.717, 1.165) is 140 Å². The van der Waals surface area contributed by atoms with Crippen LogP contribution in [0.1, 0.15) is 139 Å². The van der Waals surface area contributed by atoms with Gasteiger partial charge in [-0.2, -0.15) is 0 Å². The molecule has 536 valence electrons. The summed E-state index contributed by atoms with van der Waals surface area (Å²) >= 11 is 0. The summed E-state index contributed by atoms with van der Waals surface area (Å²) in [6.45, 7) is 27.2. The van der Waals surface area contributed by atoms with Crippen LogP contribution in [0.4, 0.5) is 34.1 Å². The van der Waals surface area contributed by atoms with Gasteiger partial charge in [0, 0.05) is 55.9 Å². The second-order valence-corrected chi connectivity index (χ2v) is 35.0. The zero-order valence-corrected chi connectivity index (χ0v) is 65.0. The van der Waals surface area contributed by atoms with Crippen LogP contribution < -0.4 is 26.2 Å². The number of anilines is 6. The fourth-order valence-corrected chi connectivity index (χ4v) is 18.7. The molecule has 1 spiro atoms. The summed E-state index contributed by atoms with van der Waals surface area (Å²) in [5.74, 6) is 0. The van der Waals surface area contributed by atoms with E-state index in [0.29, 0.717) is 11.1 Å². The van der Waals surface area contributed by atoms with Crippen LogP contribution in [0.15, 0.2) is 327 Å². The lowest BCUT2D eigenvalue weighted by molar-refractivity contribution is 0.590. The monoisotopic (exact) mass is 1440 g/mol. The number of hydrogen-bond donors (Lipinski definition) is 0. The molecular weight excluding hydrogens is 1340 g/mol. The minimum Gasteiger partial charge on any atom is -0.311 e. The van der Waals surface area contributed by atoms with Crippen molar-refractivity contribution < 1.29 is 11.0 Å². The maximum Gasteiger partial charge on any atom is 0.252 e. The molecular formula is C107H90BN3. The molecule has 2 aliphatic heterocycles. The van der Waals surface area contributed by atoms with E-state index in [2.05, 4.69) is 352 Å². The quantitative estimate of drug-likeness (QED) is 0.141. The first-order valence-corrected chi connectivity index (χ1v) is 39.1. The molecule has 1 aromatic heterocycles. The van der Waals surface area contributed by atoms with E-state index in [4.69, 9.17) is 0 Å². The van der Waals surface area contributed by atoms with Crippen molar-refractivity contribution in [3.05, 3.63) is 372 Å². The minimum absolute atomic E-state index is 0.0773. The molecule has 2 aliphatic carbocycles. The van der Waals surface area contributed by atoms with Gasteiger partial charge < -0.3 is 14.4 Å². The van der Waals surface area contributed by atoms with E-state index in [1.807, 2.05) is 24.3 Å². The SMILES string of the molecule is [2H]c1c([2H])c([2H])c2c(c1[2H])-c1c([2H])c([2H])c([2H])c([2H])c1C21c2ccccc2-c2cccc(-c3ccc4c(c3)B3c5ccc(-n6c7ccc(C(C)(C)C)cc7c7cc(C(C)(C)C)ccc76)cc5N(c5ccc(C(C)(C)C)cc5-c5ccccc5)c5cc(C(C)(C)C)cc(c53)N4c3c(-c4ccccc4)cc(-c4ccccc4)cc3-c3ccccc3)c21. The van der Waals surface area contributed by atoms with Crippen LogP contribution in [0.2, 0.25) is 0 Å². The van der Waals surface area contributed by atoms with Crippen molar-refractivity contribution in [1.82, 2.24) is 4.57 Å². The molecule has 3 heterocycles. The summed E-state index contributed by atoms with van der Waals surface area (Å²) in [5.41, 5.74) is 28.3. The van der Waals surface area contributed by atoms with Gasteiger partial charge in [0.2, 0.25) is 0 Å². The number of fused-ring (bicyclic) bond motifs is 17. The predicted molar refractivity (Wildman–Crippen MR) is 473 cm³/mol. The summed E-state index contributed by atoms with van der Waals surface area (Å²) in [4.78, 5) is 5.19. The van der Waals surface area contributed by atoms with Crippen molar-refractivity contribution in [2.75, 3.05) is 9.80 Å². The number of aromatic nitrogens is 1. The summed E-state index contributed by atoms with van der Waals surface area (Å²) in [6.07, 6.45) is 0. The molecule has 0 unspecified atom stereocenters. The minimum atomic E-state index is -1.68. The lowest BCUT2D eigenvalue weighted by Gasteiger charge is -2.46. The molecule has 0 saturated carbocycles. The molecule has 3 nitrogen and oxygen atoms in total. The Hall–Kier alpha value is -12.2. The van der Waals surface area contributed by atoms with Crippen LogP contribution in [0, 0.1) is 0 Å². The van der Waals surface area contributed by atoms with Gasteiger partial charge in [0.1, 0.15) is 0 Å². The Kier molecular flexibility index (Phi) is 13.4. The number of rotatable bonds is 8. The van der Waals surface area contributed by atoms with Crippen LogP contribution in [0.5, 0.6) is 0 Å². The Morgan fingerprint density at radius 1 is 0.288 bits per heavy atom. The van der Waals surface area contributed by atoms with Crippen molar-refractivity contribution >= 4 is 79.0 Å². The molecule has 0 fully saturated rings. The Morgan fingerprint density at radius 3 is 1.33 bits per heavy atom. The third kappa shape index (κ3) is 10.5. The highest BCUT2D eigenvalue weighted by Crippen LogP contribution is 2.65. The van der Waals surface area contributed by atoms with Crippen molar-refractivity contribution in [2.45, 2.75) is 110 Å². The predicted octanol–water partition coefficient (Wildman–Crippen LogP) is 26.7. The lowest BCUT2D eigenvalue weighted by atomic mass is 9.33. The van der Waals surface area contributed by atoms with Gasteiger partial charge in [-0.15, -0.1) is 0 Å². The molecule has 0 amide bonds. The van der Waals surface area contributed by atoms with Gasteiger partial charge in [-0.05, 0) is 223 Å². The maximum atomic E-state index is 10.3. The lowest BCUT2D eigenvalue weighted by Crippen LogP contribution is -2.61. The molecule has 4 aliphatic rings. The molecule has 0 radical (unpaired) electrons. The van der Waals surface area contributed by atoms with E-state index < -0.39 is 41.7 Å². The van der Waals surface area contributed by atoms with Crippen LogP contribution in [-0.2, 0) is 27.1 Å².